The van der Waals surface area contributed by atoms with Gasteiger partial charge in [-0.3, -0.25) is 9.59 Å². The minimum absolute atomic E-state index is 0.0900. The van der Waals surface area contributed by atoms with Gasteiger partial charge in [0.15, 0.2) is 0 Å². The molecule has 2 aromatic carbocycles. The Labute approximate surface area is 143 Å². The Balaban J connectivity index is 1.81. The zero-order valence-electron chi connectivity index (χ0n) is 12.0. The first-order chi connectivity index (χ1) is 11.0. The molecule has 5 nitrogen and oxygen atoms in total. The summed E-state index contributed by atoms with van der Waals surface area (Å²) < 4.78 is 0. The van der Waals surface area contributed by atoms with E-state index < -0.39 is 0 Å². The fraction of sp³-hybridized carbons (Fsp3) is 0.125. The standard InChI is InChI=1S/C16H14Cl2N2O3/c17-13-3-1-2-12(14(13)18)16(23)20-9-8-19-15(22)10-4-6-11(21)7-5-10/h1-7,21H,8-9H2,(H,19,22)(H,20,23). The lowest BCUT2D eigenvalue weighted by Gasteiger charge is -2.09. The second-order valence-electron chi connectivity index (χ2n) is 4.66. The Kier molecular flexibility index (Phi) is 5.84. The molecule has 23 heavy (non-hydrogen) atoms. The fourth-order valence-corrected chi connectivity index (χ4v) is 2.23. The molecule has 0 unspecified atom stereocenters. The first-order valence-electron chi connectivity index (χ1n) is 6.78. The van der Waals surface area contributed by atoms with Gasteiger partial charge in [0.2, 0.25) is 0 Å². The molecule has 0 radical (unpaired) electrons. The molecule has 0 bridgehead atoms. The van der Waals surface area contributed by atoms with Gasteiger partial charge < -0.3 is 15.7 Å². The van der Waals surface area contributed by atoms with Crippen LogP contribution in [0.1, 0.15) is 20.7 Å². The van der Waals surface area contributed by atoms with Crippen LogP contribution in [-0.4, -0.2) is 30.0 Å². The van der Waals surface area contributed by atoms with Crippen LogP contribution in [0.25, 0.3) is 0 Å². The van der Waals surface area contributed by atoms with Crippen LogP contribution in [0.3, 0.4) is 0 Å². The van der Waals surface area contributed by atoms with Crippen molar-refractivity contribution in [1.29, 1.82) is 0 Å². The predicted molar refractivity (Wildman–Crippen MR) is 89.2 cm³/mol. The number of benzene rings is 2. The summed E-state index contributed by atoms with van der Waals surface area (Å²) in [6.07, 6.45) is 0. The summed E-state index contributed by atoms with van der Waals surface area (Å²) in [5.41, 5.74) is 0.705. The van der Waals surface area contributed by atoms with Gasteiger partial charge in [0.25, 0.3) is 11.8 Å². The highest BCUT2D eigenvalue weighted by Crippen LogP contribution is 2.25. The molecule has 0 heterocycles. The number of aromatic hydroxyl groups is 1. The van der Waals surface area contributed by atoms with E-state index in [2.05, 4.69) is 10.6 Å². The average Bonchev–Trinajstić information content (AvgIpc) is 2.54. The largest absolute Gasteiger partial charge is 0.508 e. The summed E-state index contributed by atoms with van der Waals surface area (Å²) in [5.74, 6) is -0.566. The Morgan fingerprint density at radius 1 is 0.913 bits per heavy atom. The molecule has 0 atom stereocenters. The predicted octanol–water partition coefficient (Wildman–Crippen LogP) is 2.86. The van der Waals surface area contributed by atoms with Crippen molar-refractivity contribution in [3.8, 4) is 5.75 Å². The molecule has 0 fully saturated rings. The summed E-state index contributed by atoms with van der Waals surface area (Å²) in [5, 5.41) is 15.0. The highest BCUT2D eigenvalue weighted by Gasteiger charge is 2.12. The molecule has 0 aliphatic rings. The molecule has 2 rings (SSSR count). The molecule has 120 valence electrons. The van der Waals surface area contributed by atoms with Gasteiger partial charge in [0.05, 0.1) is 15.6 Å². The molecule has 0 aliphatic carbocycles. The van der Waals surface area contributed by atoms with Crippen LogP contribution in [0.15, 0.2) is 42.5 Å². The molecule has 0 saturated carbocycles. The second-order valence-corrected chi connectivity index (χ2v) is 5.45. The van der Waals surface area contributed by atoms with E-state index in [9.17, 15) is 9.59 Å². The molecular weight excluding hydrogens is 339 g/mol. The van der Waals surface area contributed by atoms with Gasteiger partial charge in [-0.15, -0.1) is 0 Å². The molecule has 0 aliphatic heterocycles. The fourth-order valence-electron chi connectivity index (χ4n) is 1.84. The SMILES string of the molecule is O=C(NCCNC(=O)c1cccc(Cl)c1Cl)c1ccc(O)cc1. The molecule has 7 heteroatoms. The topological polar surface area (TPSA) is 78.4 Å². The number of amides is 2. The first-order valence-corrected chi connectivity index (χ1v) is 7.54. The third-order valence-corrected chi connectivity index (χ3v) is 3.84. The Morgan fingerprint density at radius 2 is 1.52 bits per heavy atom. The normalized spacial score (nSPS) is 10.2. The number of phenols is 1. The van der Waals surface area contributed by atoms with Gasteiger partial charge in [-0.2, -0.15) is 0 Å². The number of hydrogen-bond acceptors (Lipinski definition) is 3. The molecule has 3 N–H and O–H groups in total. The Morgan fingerprint density at radius 3 is 2.17 bits per heavy atom. The first kappa shape index (κ1) is 17.1. The average molecular weight is 353 g/mol. The van der Waals surface area contributed by atoms with E-state index in [1.165, 1.54) is 24.3 Å². The van der Waals surface area contributed by atoms with Crippen molar-refractivity contribution in [3.05, 3.63) is 63.6 Å². The van der Waals surface area contributed by atoms with Gasteiger partial charge in [-0.25, -0.2) is 0 Å². The lowest BCUT2D eigenvalue weighted by molar-refractivity contribution is 0.0927. The monoisotopic (exact) mass is 352 g/mol. The number of rotatable bonds is 5. The third kappa shape index (κ3) is 4.61. The van der Waals surface area contributed by atoms with E-state index in [4.69, 9.17) is 28.3 Å². The zero-order chi connectivity index (χ0) is 16.8. The summed E-state index contributed by atoms with van der Waals surface area (Å²) in [6, 6.07) is 10.7. The van der Waals surface area contributed by atoms with Crippen LogP contribution < -0.4 is 10.6 Å². The summed E-state index contributed by atoms with van der Waals surface area (Å²) in [7, 11) is 0. The van der Waals surface area contributed by atoms with Crippen molar-refractivity contribution < 1.29 is 14.7 Å². The van der Waals surface area contributed by atoms with Gasteiger partial charge in [-0.1, -0.05) is 29.3 Å². The van der Waals surface area contributed by atoms with Crippen LogP contribution in [0.5, 0.6) is 5.75 Å². The van der Waals surface area contributed by atoms with Crippen molar-refractivity contribution in [2.24, 2.45) is 0 Å². The third-order valence-electron chi connectivity index (χ3n) is 3.02. The van der Waals surface area contributed by atoms with E-state index in [0.717, 1.165) is 0 Å². The number of halogens is 2. The molecule has 2 amide bonds. The van der Waals surface area contributed by atoms with Crippen LogP contribution in [0.4, 0.5) is 0 Å². The smallest absolute Gasteiger partial charge is 0.252 e. The van der Waals surface area contributed by atoms with E-state index >= 15 is 0 Å². The van der Waals surface area contributed by atoms with Gasteiger partial charge in [0.1, 0.15) is 5.75 Å². The van der Waals surface area contributed by atoms with E-state index in [0.29, 0.717) is 10.6 Å². The van der Waals surface area contributed by atoms with Gasteiger partial charge in [-0.05, 0) is 36.4 Å². The maximum absolute atomic E-state index is 12.0. The van der Waals surface area contributed by atoms with Crippen LogP contribution in [0.2, 0.25) is 10.0 Å². The molecule has 2 aromatic rings. The highest BCUT2D eigenvalue weighted by molar-refractivity contribution is 6.43. The van der Waals surface area contributed by atoms with Crippen molar-refractivity contribution in [1.82, 2.24) is 10.6 Å². The quantitative estimate of drug-likeness (QED) is 0.724. The molecule has 0 aromatic heterocycles. The Hall–Kier alpha value is -2.24. The maximum atomic E-state index is 12.0. The zero-order valence-corrected chi connectivity index (χ0v) is 13.5. The number of hydrogen-bond donors (Lipinski definition) is 3. The second kappa shape index (κ2) is 7.85. The number of nitrogens with one attached hydrogen (secondary N) is 2. The number of carbonyl (C=O) groups is 2. The van der Waals surface area contributed by atoms with E-state index in [-0.39, 0.29) is 41.2 Å². The van der Waals surface area contributed by atoms with Crippen molar-refractivity contribution in [2.75, 3.05) is 13.1 Å². The molecule has 0 spiro atoms. The van der Waals surface area contributed by atoms with Gasteiger partial charge >= 0.3 is 0 Å². The summed E-state index contributed by atoms with van der Waals surface area (Å²) >= 11 is 11.8. The Bertz CT molecular complexity index is 718. The molecular formula is C16H14Cl2N2O3. The van der Waals surface area contributed by atoms with Crippen molar-refractivity contribution in [3.63, 3.8) is 0 Å². The van der Waals surface area contributed by atoms with Crippen LogP contribution in [0, 0.1) is 0 Å². The summed E-state index contributed by atoms with van der Waals surface area (Å²) in [4.78, 5) is 23.8. The lowest BCUT2D eigenvalue weighted by Crippen LogP contribution is -2.34. The maximum Gasteiger partial charge on any atom is 0.252 e. The molecule has 0 saturated heterocycles. The minimum Gasteiger partial charge on any atom is -0.508 e. The van der Waals surface area contributed by atoms with E-state index in [1.54, 1.807) is 18.2 Å². The summed E-state index contributed by atoms with van der Waals surface area (Å²) in [6.45, 7) is 0.495. The van der Waals surface area contributed by atoms with Crippen molar-refractivity contribution >= 4 is 35.0 Å². The lowest BCUT2D eigenvalue weighted by atomic mass is 10.2. The van der Waals surface area contributed by atoms with Crippen LogP contribution in [-0.2, 0) is 0 Å². The van der Waals surface area contributed by atoms with Crippen molar-refractivity contribution in [2.45, 2.75) is 0 Å². The van der Waals surface area contributed by atoms with Gasteiger partial charge in [0, 0.05) is 18.7 Å². The van der Waals surface area contributed by atoms with E-state index in [1.807, 2.05) is 0 Å². The minimum atomic E-state index is -0.364. The highest BCUT2D eigenvalue weighted by atomic mass is 35.5. The number of phenolic OH excluding ortho intramolecular Hbond substituents is 1. The van der Waals surface area contributed by atoms with Crippen LogP contribution >= 0.6 is 23.2 Å². The number of carbonyl (C=O) groups excluding carboxylic acids is 2.